The zero-order valence-corrected chi connectivity index (χ0v) is 19.2. The standard InChI is InChI=1S/C25H36N4O3/c1-27-15-17-31-16-5-4-8-25(20-32-23-7-3-2-6-22(23)18-27)9-12-29(13-10-25)24(30)19-28-14-11-26-21-28/h2-3,6-7,11,14,21H,4-5,8-10,12-13,15-20H2,1H3. The Morgan fingerprint density at radius 1 is 1.09 bits per heavy atom. The van der Waals surface area contributed by atoms with Crippen LogP contribution in [-0.4, -0.2) is 71.8 Å². The second-order valence-corrected chi connectivity index (χ2v) is 9.32. The highest BCUT2D eigenvalue weighted by molar-refractivity contribution is 5.76. The van der Waals surface area contributed by atoms with Gasteiger partial charge < -0.3 is 18.9 Å². The summed E-state index contributed by atoms with van der Waals surface area (Å²) in [7, 11) is 2.13. The topological polar surface area (TPSA) is 59.8 Å². The van der Waals surface area contributed by atoms with Crippen molar-refractivity contribution in [2.24, 2.45) is 5.41 Å². The van der Waals surface area contributed by atoms with Crippen molar-refractivity contribution in [3.05, 3.63) is 48.5 Å². The third kappa shape index (κ3) is 6.11. The first kappa shape index (κ1) is 22.8. The van der Waals surface area contributed by atoms with Gasteiger partial charge in [0.1, 0.15) is 12.3 Å². The second-order valence-electron chi connectivity index (χ2n) is 9.32. The number of aromatic nitrogens is 2. The SMILES string of the molecule is CN1CCOCCCCC2(CCN(C(=O)Cn3ccnc3)CC2)COc2ccccc2C1. The lowest BCUT2D eigenvalue weighted by Crippen LogP contribution is -2.46. The molecule has 0 radical (unpaired) electrons. The number of ether oxygens (including phenoxy) is 2. The van der Waals surface area contributed by atoms with E-state index in [1.807, 2.05) is 15.7 Å². The van der Waals surface area contributed by atoms with E-state index in [4.69, 9.17) is 9.47 Å². The third-order valence-electron chi connectivity index (χ3n) is 6.86. The van der Waals surface area contributed by atoms with Crippen LogP contribution in [0.25, 0.3) is 0 Å². The zero-order valence-electron chi connectivity index (χ0n) is 19.2. The van der Waals surface area contributed by atoms with Crippen molar-refractivity contribution in [3.63, 3.8) is 0 Å². The summed E-state index contributed by atoms with van der Waals surface area (Å²) < 4.78 is 14.2. The number of piperidine rings is 1. The van der Waals surface area contributed by atoms with E-state index < -0.39 is 0 Å². The number of hydrogen-bond acceptors (Lipinski definition) is 5. The summed E-state index contributed by atoms with van der Waals surface area (Å²) in [5, 5.41) is 0. The maximum Gasteiger partial charge on any atom is 0.242 e. The Morgan fingerprint density at radius 2 is 1.94 bits per heavy atom. The summed E-state index contributed by atoms with van der Waals surface area (Å²) in [6, 6.07) is 8.37. The molecule has 0 aliphatic carbocycles. The molecule has 0 saturated carbocycles. The normalized spacial score (nSPS) is 20.8. The number of para-hydroxylation sites is 1. The highest BCUT2D eigenvalue weighted by atomic mass is 16.5. The fraction of sp³-hybridized carbons (Fsp3) is 0.600. The average molecular weight is 441 g/mol. The van der Waals surface area contributed by atoms with Crippen LogP contribution in [0.3, 0.4) is 0 Å². The minimum atomic E-state index is 0.106. The smallest absolute Gasteiger partial charge is 0.242 e. The first-order valence-electron chi connectivity index (χ1n) is 11.8. The first-order chi connectivity index (χ1) is 15.6. The number of amides is 1. The Kier molecular flexibility index (Phi) is 7.81. The second kappa shape index (κ2) is 11.0. The number of hydrogen-bond donors (Lipinski definition) is 0. The number of nitrogens with zero attached hydrogens (tertiary/aromatic N) is 4. The molecule has 4 rings (SSSR count). The molecule has 7 nitrogen and oxygen atoms in total. The van der Waals surface area contributed by atoms with Crippen molar-refractivity contribution >= 4 is 5.91 Å². The van der Waals surface area contributed by atoms with E-state index in [1.54, 1.807) is 12.5 Å². The average Bonchev–Trinajstić information content (AvgIpc) is 3.31. The van der Waals surface area contributed by atoms with Gasteiger partial charge in [0.25, 0.3) is 0 Å². The molecule has 1 amide bonds. The molecule has 0 bridgehead atoms. The van der Waals surface area contributed by atoms with E-state index in [1.165, 1.54) is 5.56 Å². The lowest BCUT2D eigenvalue weighted by molar-refractivity contribution is -0.134. The number of carbonyl (C=O) groups is 1. The molecule has 174 valence electrons. The Hall–Kier alpha value is -2.38. The third-order valence-corrected chi connectivity index (χ3v) is 6.86. The fourth-order valence-electron chi connectivity index (χ4n) is 4.74. The molecule has 2 aliphatic rings. The molecular formula is C25H36N4O3. The van der Waals surface area contributed by atoms with Crippen molar-refractivity contribution in [3.8, 4) is 5.75 Å². The van der Waals surface area contributed by atoms with Gasteiger partial charge in [-0.25, -0.2) is 4.98 Å². The highest BCUT2D eigenvalue weighted by Crippen LogP contribution is 2.38. The molecule has 32 heavy (non-hydrogen) atoms. The number of likely N-dealkylation sites (tertiary alicyclic amines) is 1. The molecule has 1 aromatic heterocycles. The molecule has 1 spiro atoms. The van der Waals surface area contributed by atoms with Crippen molar-refractivity contribution in [1.82, 2.24) is 19.4 Å². The number of rotatable bonds is 2. The highest BCUT2D eigenvalue weighted by Gasteiger charge is 2.36. The minimum absolute atomic E-state index is 0.106. The number of carbonyl (C=O) groups excluding carboxylic acids is 1. The van der Waals surface area contributed by atoms with Crippen LogP contribution < -0.4 is 4.74 Å². The molecule has 0 N–H and O–H groups in total. The Labute approximate surface area is 191 Å². The molecule has 3 heterocycles. The summed E-state index contributed by atoms with van der Waals surface area (Å²) >= 11 is 0. The van der Waals surface area contributed by atoms with Crippen molar-refractivity contribution in [1.29, 1.82) is 0 Å². The summed E-state index contributed by atoms with van der Waals surface area (Å²) in [5.41, 5.74) is 1.32. The number of benzene rings is 1. The molecule has 2 aliphatic heterocycles. The van der Waals surface area contributed by atoms with Crippen LogP contribution in [0.5, 0.6) is 5.75 Å². The maximum absolute atomic E-state index is 12.7. The van der Waals surface area contributed by atoms with Gasteiger partial charge in [0.2, 0.25) is 5.91 Å². The monoisotopic (exact) mass is 440 g/mol. The van der Waals surface area contributed by atoms with Crippen LogP contribution >= 0.6 is 0 Å². The van der Waals surface area contributed by atoms with Gasteiger partial charge in [-0.3, -0.25) is 9.69 Å². The molecule has 1 fully saturated rings. The van der Waals surface area contributed by atoms with Gasteiger partial charge in [-0.1, -0.05) is 24.6 Å². The Bertz CT molecular complexity index is 847. The Balaban J connectivity index is 1.42. The summed E-state index contributed by atoms with van der Waals surface area (Å²) in [4.78, 5) is 21.1. The lowest BCUT2D eigenvalue weighted by atomic mass is 9.75. The summed E-state index contributed by atoms with van der Waals surface area (Å²) in [6.45, 7) is 6.00. The van der Waals surface area contributed by atoms with E-state index in [2.05, 4.69) is 41.2 Å². The van der Waals surface area contributed by atoms with E-state index in [0.29, 0.717) is 13.2 Å². The van der Waals surface area contributed by atoms with Crippen LogP contribution in [0.15, 0.2) is 43.0 Å². The van der Waals surface area contributed by atoms with Gasteiger partial charge in [0.05, 0.1) is 19.5 Å². The predicted molar refractivity (Wildman–Crippen MR) is 123 cm³/mol. The van der Waals surface area contributed by atoms with Gasteiger partial charge in [-0.05, 0) is 38.8 Å². The van der Waals surface area contributed by atoms with Crippen molar-refractivity contribution in [2.75, 3.05) is 46.5 Å². The molecule has 1 saturated heterocycles. The summed E-state index contributed by atoms with van der Waals surface area (Å²) in [6.07, 6.45) is 10.5. The van der Waals surface area contributed by atoms with Crippen molar-refractivity contribution in [2.45, 2.75) is 45.2 Å². The van der Waals surface area contributed by atoms with Gasteiger partial charge in [0, 0.05) is 56.2 Å². The number of imidazole rings is 1. The molecule has 2 aromatic rings. The number of fused-ring (bicyclic) bond motifs is 1. The summed E-state index contributed by atoms with van der Waals surface area (Å²) in [5.74, 6) is 1.15. The molecule has 0 atom stereocenters. The predicted octanol–water partition coefficient (Wildman–Crippen LogP) is 3.20. The maximum atomic E-state index is 12.7. The fourth-order valence-corrected chi connectivity index (χ4v) is 4.74. The van der Waals surface area contributed by atoms with Crippen LogP contribution in [0.2, 0.25) is 0 Å². The molecule has 7 heteroatoms. The Morgan fingerprint density at radius 3 is 2.75 bits per heavy atom. The van der Waals surface area contributed by atoms with Gasteiger partial charge in [-0.15, -0.1) is 0 Å². The molecule has 0 unspecified atom stereocenters. The van der Waals surface area contributed by atoms with Gasteiger partial charge in [0.15, 0.2) is 0 Å². The van der Waals surface area contributed by atoms with E-state index >= 15 is 0 Å². The van der Waals surface area contributed by atoms with Crippen LogP contribution in [-0.2, 0) is 22.6 Å². The van der Waals surface area contributed by atoms with E-state index in [0.717, 1.165) is 77.2 Å². The van der Waals surface area contributed by atoms with Gasteiger partial charge >= 0.3 is 0 Å². The van der Waals surface area contributed by atoms with Gasteiger partial charge in [-0.2, -0.15) is 0 Å². The molecular weight excluding hydrogens is 404 g/mol. The van der Waals surface area contributed by atoms with Crippen molar-refractivity contribution < 1.29 is 14.3 Å². The number of likely N-dealkylation sites (N-methyl/N-ethyl adjacent to an activating group) is 1. The largest absolute Gasteiger partial charge is 0.493 e. The quantitative estimate of drug-likeness (QED) is 0.718. The molecule has 1 aromatic carbocycles. The zero-order chi connectivity index (χ0) is 22.2. The van der Waals surface area contributed by atoms with Crippen LogP contribution in [0.1, 0.15) is 37.7 Å². The van der Waals surface area contributed by atoms with Crippen LogP contribution in [0.4, 0.5) is 0 Å². The first-order valence-corrected chi connectivity index (χ1v) is 11.8. The van der Waals surface area contributed by atoms with E-state index in [9.17, 15) is 4.79 Å². The van der Waals surface area contributed by atoms with E-state index in [-0.39, 0.29) is 11.3 Å². The minimum Gasteiger partial charge on any atom is -0.493 e. The lowest BCUT2D eigenvalue weighted by Gasteiger charge is -2.42. The van der Waals surface area contributed by atoms with Crippen LogP contribution in [0, 0.1) is 5.41 Å².